The summed E-state index contributed by atoms with van der Waals surface area (Å²) in [7, 11) is 1.69. The van der Waals surface area contributed by atoms with E-state index in [1.807, 2.05) is 29.2 Å². The van der Waals surface area contributed by atoms with Crippen LogP contribution < -0.4 is 0 Å². The van der Waals surface area contributed by atoms with Crippen molar-refractivity contribution in [2.75, 3.05) is 20.2 Å². The van der Waals surface area contributed by atoms with Crippen LogP contribution in [0.3, 0.4) is 0 Å². The van der Waals surface area contributed by atoms with Crippen molar-refractivity contribution < 1.29 is 14.4 Å². The minimum atomic E-state index is -0.500. The minimum absolute atomic E-state index is 0.0107. The van der Waals surface area contributed by atoms with E-state index in [9.17, 15) is 4.79 Å². The average Bonchev–Trinajstić information content (AvgIpc) is 3.02. The summed E-state index contributed by atoms with van der Waals surface area (Å²) in [5, 5.41) is 4.79. The fourth-order valence-electron chi connectivity index (χ4n) is 3.08. The van der Waals surface area contributed by atoms with Crippen LogP contribution >= 0.6 is 11.6 Å². The third-order valence-corrected chi connectivity index (χ3v) is 4.56. The molecular weight excluding hydrogens is 316 g/mol. The molecule has 1 saturated heterocycles. The number of ether oxygens (including phenoxy) is 1. The normalized spacial score (nSPS) is 24.3. The summed E-state index contributed by atoms with van der Waals surface area (Å²) in [4.78, 5) is 19.8. The molecule has 2 aliphatic heterocycles. The van der Waals surface area contributed by atoms with Crippen molar-refractivity contribution in [3.05, 3.63) is 34.9 Å². The summed E-state index contributed by atoms with van der Waals surface area (Å²) in [6.07, 6.45) is 2.79. The first-order chi connectivity index (χ1) is 11.2. The van der Waals surface area contributed by atoms with Crippen molar-refractivity contribution in [1.82, 2.24) is 4.90 Å². The van der Waals surface area contributed by atoms with E-state index in [0.29, 0.717) is 24.4 Å². The van der Waals surface area contributed by atoms with Gasteiger partial charge in [-0.2, -0.15) is 0 Å². The van der Waals surface area contributed by atoms with Crippen molar-refractivity contribution >= 4 is 23.2 Å². The number of methoxy groups -OCH3 is 1. The maximum absolute atomic E-state index is 12.6. The number of likely N-dealkylation sites (tertiary alicyclic amines) is 1. The van der Waals surface area contributed by atoms with Gasteiger partial charge in [0.25, 0.3) is 5.91 Å². The van der Waals surface area contributed by atoms with E-state index >= 15 is 0 Å². The Labute approximate surface area is 141 Å². The minimum Gasteiger partial charge on any atom is -0.382 e. The molecule has 1 amide bonds. The maximum atomic E-state index is 12.6. The van der Waals surface area contributed by atoms with E-state index in [4.69, 9.17) is 21.2 Å². The van der Waals surface area contributed by atoms with Gasteiger partial charge < -0.3 is 14.5 Å². The van der Waals surface area contributed by atoms with Crippen molar-refractivity contribution in [3.63, 3.8) is 0 Å². The molecule has 5 nitrogen and oxygen atoms in total. The summed E-state index contributed by atoms with van der Waals surface area (Å²) >= 11 is 5.99. The van der Waals surface area contributed by atoms with Gasteiger partial charge in [-0.15, -0.1) is 0 Å². The zero-order chi connectivity index (χ0) is 16.2. The Kier molecular flexibility index (Phi) is 5.18. The van der Waals surface area contributed by atoms with Crippen molar-refractivity contribution in [3.8, 4) is 0 Å². The Morgan fingerprint density at radius 1 is 1.52 bits per heavy atom. The molecule has 2 atom stereocenters. The highest BCUT2D eigenvalue weighted by Crippen LogP contribution is 2.21. The Morgan fingerprint density at radius 3 is 3.17 bits per heavy atom. The van der Waals surface area contributed by atoms with Crippen molar-refractivity contribution in [2.45, 2.75) is 37.9 Å². The van der Waals surface area contributed by atoms with Crippen LogP contribution in [-0.2, 0) is 20.8 Å². The third kappa shape index (κ3) is 4.03. The number of rotatable bonds is 4. The van der Waals surface area contributed by atoms with Gasteiger partial charge in [0.2, 0.25) is 6.10 Å². The van der Waals surface area contributed by atoms with Crippen LogP contribution in [0.1, 0.15) is 24.8 Å². The Bertz CT molecular complexity index is 605. The highest BCUT2D eigenvalue weighted by molar-refractivity contribution is 6.30. The number of benzene rings is 1. The first kappa shape index (κ1) is 16.3. The third-order valence-electron chi connectivity index (χ3n) is 4.33. The predicted octanol–water partition coefficient (Wildman–Crippen LogP) is 2.66. The van der Waals surface area contributed by atoms with Crippen LogP contribution in [0.25, 0.3) is 0 Å². The molecule has 124 valence electrons. The SMILES string of the molecule is CO[C@@H]1CCCN(C(=O)[C@H]2CC(Cc3cccc(Cl)c3)=NO2)C1. The monoisotopic (exact) mass is 336 g/mol. The Morgan fingerprint density at radius 2 is 2.39 bits per heavy atom. The van der Waals surface area contributed by atoms with Gasteiger partial charge in [-0.3, -0.25) is 4.79 Å². The maximum Gasteiger partial charge on any atom is 0.266 e. The molecule has 0 radical (unpaired) electrons. The Balaban J connectivity index is 1.55. The van der Waals surface area contributed by atoms with Gasteiger partial charge in [0.05, 0.1) is 11.8 Å². The molecule has 0 spiro atoms. The van der Waals surface area contributed by atoms with Crippen molar-refractivity contribution in [2.24, 2.45) is 5.16 Å². The van der Waals surface area contributed by atoms with Gasteiger partial charge in [-0.1, -0.05) is 28.9 Å². The average molecular weight is 337 g/mol. The van der Waals surface area contributed by atoms with E-state index in [2.05, 4.69) is 5.16 Å². The molecule has 1 aromatic rings. The standard InChI is InChI=1S/C17H21ClN2O3/c1-22-15-6-3-7-20(11-15)17(21)16-10-14(19-23-16)9-12-4-2-5-13(18)8-12/h2,4-5,8,15-16H,3,6-7,9-11H2,1H3/t15-,16-/m1/s1. The molecule has 23 heavy (non-hydrogen) atoms. The number of oxime groups is 1. The second-order valence-corrected chi connectivity index (χ2v) is 6.48. The number of nitrogens with zero attached hydrogens (tertiary/aromatic N) is 2. The van der Waals surface area contributed by atoms with Crippen LogP contribution in [0.15, 0.2) is 29.4 Å². The molecule has 2 aliphatic rings. The van der Waals surface area contributed by atoms with E-state index < -0.39 is 6.10 Å². The molecule has 6 heteroatoms. The van der Waals surface area contributed by atoms with Crippen LogP contribution in [0.2, 0.25) is 5.02 Å². The fraction of sp³-hybridized carbons (Fsp3) is 0.529. The quantitative estimate of drug-likeness (QED) is 0.849. The smallest absolute Gasteiger partial charge is 0.266 e. The molecule has 0 N–H and O–H groups in total. The lowest BCUT2D eigenvalue weighted by Gasteiger charge is -2.32. The van der Waals surface area contributed by atoms with Crippen LogP contribution in [0.4, 0.5) is 0 Å². The summed E-state index contributed by atoms with van der Waals surface area (Å²) in [5.41, 5.74) is 1.95. The molecule has 1 fully saturated rings. The van der Waals surface area contributed by atoms with Gasteiger partial charge in [0.15, 0.2) is 0 Å². The zero-order valence-electron chi connectivity index (χ0n) is 13.2. The van der Waals surface area contributed by atoms with Gasteiger partial charge in [-0.05, 0) is 30.5 Å². The van der Waals surface area contributed by atoms with Gasteiger partial charge in [0, 0.05) is 38.1 Å². The topological polar surface area (TPSA) is 51.1 Å². The summed E-state index contributed by atoms with van der Waals surface area (Å²) < 4.78 is 5.37. The van der Waals surface area contributed by atoms with Gasteiger partial charge >= 0.3 is 0 Å². The first-order valence-electron chi connectivity index (χ1n) is 7.93. The number of halogens is 1. The van der Waals surface area contributed by atoms with E-state index in [1.165, 1.54) is 0 Å². The number of carbonyl (C=O) groups is 1. The Hall–Kier alpha value is -1.59. The molecule has 0 bridgehead atoms. The summed E-state index contributed by atoms with van der Waals surface area (Å²) in [6, 6.07) is 7.66. The molecule has 0 unspecified atom stereocenters. The van der Waals surface area contributed by atoms with Gasteiger partial charge in [-0.25, -0.2) is 0 Å². The van der Waals surface area contributed by atoms with Crippen molar-refractivity contribution in [1.29, 1.82) is 0 Å². The van der Waals surface area contributed by atoms with Crippen LogP contribution in [0.5, 0.6) is 0 Å². The van der Waals surface area contributed by atoms with Gasteiger partial charge in [0.1, 0.15) is 0 Å². The molecule has 1 aromatic carbocycles. The highest BCUT2D eigenvalue weighted by atomic mass is 35.5. The molecular formula is C17H21ClN2O3. The predicted molar refractivity (Wildman–Crippen MR) is 88.7 cm³/mol. The molecule has 3 rings (SSSR count). The molecule has 2 heterocycles. The molecule has 0 aromatic heterocycles. The number of piperidine rings is 1. The zero-order valence-corrected chi connectivity index (χ0v) is 14.0. The van der Waals surface area contributed by atoms with E-state index in [-0.39, 0.29) is 12.0 Å². The lowest BCUT2D eigenvalue weighted by Crippen LogP contribution is -2.47. The first-order valence-corrected chi connectivity index (χ1v) is 8.31. The number of carbonyl (C=O) groups excluding carboxylic acids is 1. The van der Waals surface area contributed by atoms with E-state index in [1.54, 1.807) is 7.11 Å². The van der Waals surface area contributed by atoms with Crippen LogP contribution in [-0.4, -0.2) is 48.9 Å². The molecule has 0 aliphatic carbocycles. The van der Waals surface area contributed by atoms with Crippen LogP contribution in [0, 0.1) is 0 Å². The second kappa shape index (κ2) is 7.32. The highest BCUT2D eigenvalue weighted by Gasteiger charge is 2.34. The lowest BCUT2D eigenvalue weighted by atomic mass is 10.0. The van der Waals surface area contributed by atoms with E-state index in [0.717, 1.165) is 30.7 Å². The second-order valence-electron chi connectivity index (χ2n) is 6.05. The summed E-state index contributed by atoms with van der Waals surface area (Å²) in [5.74, 6) is 0.0107. The fourth-order valence-corrected chi connectivity index (χ4v) is 3.29. The number of hydrogen-bond acceptors (Lipinski definition) is 4. The summed E-state index contributed by atoms with van der Waals surface area (Å²) in [6.45, 7) is 1.40. The largest absolute Gasteiger partial charge is 0.382 e. The lowest BCUT2D eigenvalue weighted by molar-refractivity contribution is -0.145. The number of hydrogen-bond donors (Lipinski definition) is 0. The number of amides is 1. The molecule has 0 saturated carbocycles.